The van der Waals surface area contributed by atoms with Crippen molar-refractivity contribution >= 4 is 15.9 Å². The van der Waals surface area contributed by atoms with Gasteiger partial charge >= 0.3 is 0 Å². The van der Waals surface area contributed by atoms with Crippen LogP contribution in [-0.2, 0) is 5.54 Å². The standard InChI is InChI=1S/C13H18BrNO/c1-9-5-6-10(14)11(12(9)16)13(15)7-3-2-4-8-13/h5-6,16H,2-4,7-8,15H2,1H3. The van der Waals surface area contributed by atoms with E-state index in [4.69, 9.17) is 5.73 Å². The molecule has 1 aliphatic rings. The van der Waals surface area contributed by atoms with Gasteiger partial charge in [0, 0.05) is 15.6 Å². The summed E-state index contributed by atoms with van der Waals surface area (Å²) in [6, 6.07) is 3.89. The maximum absolute atomic E-state index is 10.2. The molecule has 0 amide bonds. The van der Waals surface area contributed by atoms with Crippen LogP contribution in [-0.4, -0.2) is 5.11 Å². The monoisotopic (exact) mass is 283 g/mol. The fourth-order valence-corrected chi connectivity index (χ4v) is 3.29. The number of aryl methyl sites for hydroxylation is 1. The topological polar surface area (TPSA) is 46.2 Å². The fourth-order valence-electron chi connectivity index (χ4n) is 2.58. The molecular formula is C13H18BrNO. The highest BCUT2D eigenvalue weighted by Gasteiger charge is 2.33. The summed E-state index contributed by atoms with van der Waals surface area (Å²) < 4.78 is 0.931. The molecule has 1 aromatic carbocycles. The molecule has 0 spiro atoms. The minimum absolute atomic E-state index is 0.354. The van der Waals surface area contributed by atoms with E-state index in [-0.39, 0.29) is 5.54 Å². The van der Waals surface area contributed by atoms with Gasteiger partial charge in [0.1, 0.15) is 5.75 Å². The van der Waals surface area contributed by atoms with E-state index in [1.807, 2.05) is 19.1 Å². The maximum Gasteiger partial charge on any atom is 0.124 e. The molecule has 2 nitrogen and oxygen atoms in total. The highest BCUT2D eigenvalue weighted by molar-refractivity contribution is 9.10. The molecule has 2 rings (SSSR count). The molecule has 3 N–H and O–H groups in total. The first-order valence-electron chi connectivity index (χ1n) is 5.82. The van der Waals surface area contributed by atoms with Gasteiger partial charge in [-0.15, -0.1) is 0 Å². The van der Waals surface area contributed by atoms with Crippen LogP contribution in [0.5, 0.6) is 5.75 Å². The van der Waals surface area contributed by atoms with Crippen LogP contribution in [0.3, 0.4) is 0 Å². The van der Waals surface area contributed by atoms with Gasteiger partial charge in [-0.25, -0.2) is 0 Å². The summed E-state index contributed by atoms with van der Waals surface area (Å²) in [5.74, 6) is 0.360. The van der Waals surface area contributed by atoms with Gasteiger partial charge in [-0.3, -0.25) is 0 Å². The molecule has 0 unspecified atom stereocenters. The van der Waals surface area contributed by atoms with E-state index in [2.05, 4.69) is 15.9 Å². The van der Waals surface area contributed by atoms with Crippen molar-refractivity contribution in [2.75, 3.05) is 0 Å². The van der Waals surface area contributed by atoms with Crippen molar-refractivity contribution in [3.05, 3.63) is 27.7 Å². The van der Waals surface area contributed by atoms with Crippen LogP contribution >= 0.6 is 15.9 Å². The molecular weight excluding hydrogens is 266 g/mol. The third-order valence-corrected chi connectivity index (χ3v) is 4.23. The van der Waals surface area contributed by atoms with Crippen molar-refractivity contribution in [2.45, 2.75) is 44.6 Å². The van der Waals surface area contributed by atoms with E-state index in [9.17, 15) is 5.11 Å². The summed E-state index contributed by atoms with van der Waals surface area (Å²) in [6.07, 6.45) is 5.47. The predicted molar refractivity (Wildman–Crippen MR) is 69.5 cm³/mol. The molecule has 1 fully saturated rings. The molecule has 0 aliphatic heterocycles. The van der Waals surface area contributed by atoms with Gasteiger partial charge in [0.15, 0.2) is 0 Å². The van der Waals surface area contributed by atoms with E-state index in [0.717, 1.165) is 41.3 Å². The Balaban J connectivity index is 2.49. The van der Waals surface area contributed by atoms with Gasteiger partial charge in [0.25, 0.3) is 0 Å². The summed E-state index contributed by atoms with van der Waals surface area (Å²) in [5.41, 5.74) is 7.90. The second-order valence-corrected chi connectivity index (χ2v) is 5.66. The number of nitrogens with two attached hydrogens (primary N) is 1. The second kappa shape index (κ2) is 4.38. The van der Waals surface area contributed by atoms with Crippen molar-refractivity contribution in [1.82, 2.24) is 0 Å². The van der Waals surface area contributed by atoms with Gasteiger partial charge in [-0.05, 0) is 31.4 Å². The number of benzene rings is 1. The van der Waals surface area contributed by atoms with E-state index in [0.29, 0.717) is 5.75 Å². The molecule has 0 radical (unpaired) electrons. The first-order valence-corrected chi connectivity index (χ1v) is 6.61. The van der Waals surface area contributed by atoms with Gasteiger partial charge in [0.2, 0.25) is 0 Å². The summed E-state index contributed by atoms with van der Waals surface area (Å²) in [6.45, 7) is 1.91. The van der Waals surface area contributed by atoms with Crippen LogP contribution in [0.15, 0.2) is 16.6 Å². The number of rotatable bonds is 1. The van der Waals surface area contributed by atoms with Crippen LogP contribution in [0, 0.1) is 6.92 Å². The SMILES string of the molecule is Cc1ccc(Br)c(C2(N)CCCCC2)c1O. The number of phenolic OH excluding ortho intramolecular Hbond substituents is 1. The summed E-state index contributed by atoms with van der Waals surface area (Å²) in [5, 5.41) is 10.2. The molecule has 1 saturated carbocycles. The lowest BCUT2D eigenvalue weighted by Crippen LogP contribution is -2.39. The Morgan fingerprint density at radius 2 is 1.88 bits per heavy atom. The van der Waals surface area contributed by atoms with Crippen molar-refractivity contribution in [1.29, 1.82) is 0 Å². The second-order valence-electron chi connectivity index (χ2n) is 4.80. The lowest BCUT2D eigenvalue weighted by Gasteiger charge is -2.35. The van der Waals surface area contributed by atoms with Gasteiger partial charge in [0.05, 0.1) is 0 Å². The van der Waals surface area contributed by atoms with E-state index in [1.54, 1.807) is 0 Å². The molecule has 0 heterocycles. The molecule has 1 aliphatic carbocycles. The Hall–Kier alpha value is -0.540. The van der Waals surface area contributed by atoms with Gasteiger partial charge in [-0.2, -0.15) is 0 Å². The van der Waals surface area contributed by atoms with Crippen molar-refractivity contribution in [2.24, 2.45) is 5.73 Å². The fraction of sp³-hybridized carbons (Fsp3) is 0.538. The Kier molecular flexibility index (Phi) is 3.27. The molecule has 1 aromatic rings. The quantitative estimate of drug-likeness (QED) is 0.828. The molecule has 3 heteroatoms. The third-order valence-electron chi connectivity index (χ3n) is 3.57. The predicted octanol–water partition coefficient (Wildman–Crippen LogP) is 3.58. The largest absolute Gasteiger partial charge is 0.507 e. The smallest absolute Gasteiger partial charge is 0.124 e. The minimum Gasteiger partial charge on any atom is -0.507 e. The van der Waals surface area contributed by atoms with E-state index >= 15 is 0 Å². The number of halogens is 1. The Labute approximate surface area is 105 Å². The van der Waals surface area contributed by atoms with Crippen molar-refractivity contribution < 1.29 is 5.11 Å². The third kappa shape index (κ3) is 1.98. The summed E-state index contributed by atoms with van der Waals surface area (Å²) in [4.78, 5) is 0. The zero-order valence-corrected chi connectivity index (χ0v) is 11.2. The van der Waals surface area contributed by atoms with Gasteiger partial charge < -0.3 is 10.8 Å². The average molecular weight is 284 g/mol. The number of phenols is 1. The van der Waals surface area contributed by atoms with Crippen molar-refractivity contribution in [3.63, 3.8) is 0 Å². The Bertz CT molecular complexity index is 397. The van der Waals surface area contributed by atoms with Gasteiger partial charge in [-0.1, -0.05) is 41.3 Å². The lowest BCUT2D eigenvalue weighted by atomic mass is 9.76. The molecule has 16 heavy (non-hydrogen) atoms. The highest BCUT2D eigenvalue weighted by atomic mass is 79.9. The first-order chi connectivity index (χ1) is 7.54. The molecule has 88 valence electrons. The van der Waals surface area contributed by atoms with Crippen LogP contribution in [0.2, 0.25) is 0 Å². The van der Waals surface area contributed by atoms with Crippen LogP contribution in [0.25, 0.3) is 0 Å². The van der Waals surface area contributed by atoms with Crippen LogP contribution in [0.1, 0.15) is 43.2 Å². The number of hydrogen-bond acceptors (Lipinski definition) is 2. The molecule has 0 aromatic heterocycles. The number of aromatic hydroxyl groups is 1. The summed E-state index contributed by atoms with van der Waals surface area (Å²) >= 11 is 3.51. The zero-order chi connectivity index (χ0) is 11.8. The summed E-state index contributed by atoms with van der Waals surface area (Å²) in [7, 11) is 0. The average Bonchev–Trinajstić information content (AvgIpc) is 2.25. The Morgan fingerprint density at radius 3 is 2.50 bits per heavy atom. The van der Waals surface area contributed by atoms with E-state index < -0.39 is 0 Å². The Morgan fingerprint density at radius 1 is 1.25 bits per heavy atom. The van der Waals surface area contributed by atoms with Crippen LogP contribution < -0.4 is 5.73 Å². The minimum atomic E-state index is -0.354. The van der Waals surface area contributed by atoms with Crippen LogP contribution in [0.4, 0.5) is 0 Å². The van der Waals surface area contributed by atoms with E-state index in [1.165, 1.54) is 6.42 Å². The molecule has 0 saturated heterocycles. The first kappa shape index (κ1) is 11.9. The lowest BCUT2D eigenvalue weighted by molar-refractivity contribution is 0.290. The maximum atomic E-state index is 10.2. The zero-order valence-electron chi connectivity index (χ0n) is 9.59. The molecule has 0 bridgehead atoms. The molecule has 0 atom stereocenters. The number of hydrogen-bond donors (Lipinski definition) is 2. The highest BCUT2D eigenvalue weighted by Crippen LogP contribution is 2.43. The van der Waals surface area contributed by atoms with Crippen molar-refractivity contribution in [3.8, 4) is 5.75 Å². The normalized spacial score (nSPS) is 19.7.